The second-order valence-corrected chi connectivity index (χ2v) is 4.70. The van der Waals surface area contributed by atoms with Gasteiger partial charge in [-0.15, -0.1) is 0 Å². The average Bonchev–Trinajstić information content (AvgIpc) is 2.25. The fourth-order valence-corrected chi connectivity index (χ4v) is 1.65. The van der Waals surface area contributed by atoms with Crippen molar-refractivity contribution in [3.05, 3.63) is 18.3 Å². The van der Waals surface area contributed by atoms with Gasteiger partial charge in [-0.2, -0.15) is 0 Å². The maximum atomic E-state index is 10.8. The van der Waals surface area contributed by atoms with Gasteiger partial charge in [0.25, 0.3) is 0 Å². The number of hydrogen-bond donors (Lipinski definition) is 1. The smallest absolute Gasteiger partial charge is 0.137 e. The summed E-state index contributed by atoms with van der Waals surface area (Å²) in [7, 11) is 0.903. The largest absolute Gasteiger partial charge is 0.495 e. The first kappa shape index (κ1) is 12.0. The molecule has 0 aliphatic rings. The average molecular weight is 228 g/mol. The van der Waals surface area contributed by atoms with Crippen molar-refractivity contribution >= 4 is 16.6 Å². The quantitative estimate of drug-likeness (QED) is 0.745. The van der Waals surface area contributed by atoms with Gasteiger partial charge in [-0.3, -0.25) is 4.21 Å². The molecule has 84 valence electrons. The van der Waals surface area contributed by atoms with Gasteiger partial charge in [0, 0.05) is 29.4 Å². The minimum atomic E-state index is -0.709. The normalized spacial score (nSPS) is 12.1. The Morgan fingerprint density at radius 3 is 2.87 bits per heavy atom. The SMILES string of the molecule is COc1ccc(NCCCS(C)=O)nc1. The van der Waals surface area contributed by atoms with E-state index in [-0.39, 0.29) is 0 Å². The Morgan fingerprint density at radius 1 is 1.53 bits per heavy atom. The minimum absolute atomic E-state index is 0.709. The molecule has 0 fully saturated rings. The molecule has 0 aliphatic carbocycles. The first-order valence-electron chi connectivity index (χ1n) is 4.76. The number of ether oxygens (including phenoxy) is 1. The number of hydrogen-bond acceptors (Lipinski definition) is 4. The van der Waals surface area contributed by atoms with Crippen LogP contribution in [0.1, 0.15) is 6.42 Å². The molecule has 0 aliphatic heterocycles. The van der Waals surface area contributed by atoms with Crippen LogP contribution in [0.3, 0.4) is 0 Å². The molecule has 1 heterocycles. The van der Waals surface area contributed by atoms with Gasteiger partial charge in [-0.1, -0.05) is 0 Å². The van der Waals surface area contributed by atoms with Gasteiger partial charge in [-0.05, 0) is 18.6 Å². The fourth-order valence-electron chi connectivity index (χ4n) is 1.10. The van der Waals surface area contributed by atoms with Gasteiger partial charge in [0.1, 0.15) is 11.6 Å². The van der Waals surface area contributed by atoms with Gasteiger partial charge >= 0.3 is 0 Å². The lowest BCUT2D eigenvalue weighted by atomic mass is 10.4. The lowest BCUT2D eigenvalue weighted by molar-refractivity contribution is 0.413. The first-order valence-corrected chi connectivity index (χ1v) is 6.49. The third-order valence-corrected chi connectivity index (χ3v) is 2.75. The second-order valence-electron chi connectivity index (χ2n) is 3.14. The molecule has 0 spiro atoms. The minimum Gasteiger partial charge on any atom is -0.495 e. The molecular formula is C10H16N2O2S. The van der Waals surface area contributed by atoms with Gasteiger partial charge < -0.3 is 10.1 Å². The van der Waals surface area contributed by atoms with Crippen LogP contribution < -0.4 is 10.1 Å². The van der Waals surface area contributed by atoms with Crippen LogP contribution in [0.4, 0.5) is 5.82 Å². The zero-order chi connectivity index (χ0) is 11.1. The summed E-state index contributed by atoms with van der Waals surface area (Å²) in [5.74, 6) is 2.29. The Labute approximate surface area is 92.5 Å². The molecule has 1 unspecified atom stereocenters. The maximum Gasteiger partial charge on any atom is 0.137 e. The Kier molecular flexibility index (Phi) is 5.10. The predicted octanol–water partition coefficient (Wildman–Crippen LogP) is 1.27. The number of aromatic nitrogens is 1. The molecule has 0 bridgehead atoms. The third kappa shape index (κ3) is 4.78. The summed E-state index contributed by atoms with van der Waals surface area (Å²) in [6.07, 6.45) is 4.27. The Morgan fingerprint density at radius 2 is 2.33 bits per heavy atom. The third-order valence-electron chi connectivity index (χ3n) is 1.89. The van der Waals surface area contributed by atoms with Crippen LogP contribution >= 0.6 is 0 Å². The molecule has 0 radical (unpaired) electrons. The maximum absolute atomic E-state index is 10.8. The molecular weight excluding hydrogens is 212 g/mol. The van der Waals surface area contributed by atoms with Crippen molar-refractivity contribution in [1.82, 2.24) is 4.98 Å². The van der Waals surface area contributed by atoms with E-state index >= 15 is 0 Å². The van der Waals surface area contributed by atoms with E-state index in [2.05, 4.69) is 10.3 Å². The van der Waals surface area contributed by atoms with Crippen molar-refractivity contribution in [2.45, 2.75) is 6.42 Å². The standard InChI is InChI=1S/C10H16N2O2S/c1-14-9-4-5-10(12-8-9)11-6-3-7-15(2)13/h4-5,8H,3,6-7H2,1-2H3,(H,11,12). The van der Waals surface area contributed by atoms with Crippen LogP contribution in [0, 0.1) is 0 Å². The molecule has 4 nitrogen and oxygen atoms in total. The van der Waals surface area contributed by atoms with E-state index in [1.807, 2.05) is 12.1 Å². The van der Waals surface area contributed by atoms with Crippen molar-refractivity contribution in [2.24, 2.45) is 0 Å². The van der Waals surface area contributed by atoms with Crippen LogP contribution in [0.15, 0.2) is 18.3 Å². The fraction of sp³-hybridized carbons (Fsp3) is 0.500. The molecule has 1 aromatic heterocycles. The van der Waals surface area contributed by atoms with Crippen molar-refractivity contribution < 1.29 is 8.95 Å². The highest BCUT2D eigenvalue weighted by molar-refractivity contribution is 7.84. The Balaban J connectivity index is 2.28. The van der Waals surface area contributed by atoms with Gasteiger partial charge in [0.15, 0.2) is 0 Å². The Bertz CT molecular complexity index is 314. The summed E-state index contributed by atoms with van der Waals surface area (Å²) < 4.78 is 15.8. The predicted molar refractivity (Wildman–Crippen MR) is 62.8 cm³/mol. The van der Waals surface area contributed by atoms with E-state index in [4.69, 9.17) is 4.74 Å². The van der Waals surface area contributed by atoms with Crippen LogP contribution in [-0.4, -0.2) is 34.9 Å². The molecule has 0 saturated carbocycles. The van der Waals surface area contributed by atoms with Gasteiger partial charge in [-0.25, -0.2) is 4.98 Å². The monoisotopic (exact) mass is 228 g/mol. The highest BCUT2D eigenvalue weighted by Crippen LogP contribution is 2.10. The Hall–Kier alpha value is -1.10. The summed E-state index contributed by atoms with van der Waals surface area (Å²) in [5, 5.41) is 3.15. The molecule has 15 heavy (non-hydrogen) atoms. The molecule has 0 amide bonds. The van der Waals surface area contributed by atoms with Crippen LogP contribution in [-0.2, 0) is 10.8 Å². The number of rotatable bonds is 6. The summed E-state index contributed by atoms with van der Waals surface area (Å²) >= 11 is 0. The van der Waals surface area contributed by atoms with Gasteiger partial charge in [0.2, 0.25) is 0 Å². The number of nitrogens with one attached hydrogen (secondary N) is 1. The highest BCUT2D eigenvalue weighted by Gasteiger charge is 1.95. The number of methoxy groups -OCH3 is 1. The van der Waals surface area contributed by atoms with Crippen molar-refractivity contribution in [3.63, 3.8) is 0 Å². The first-order chi connectivity index (χ1) is 7.22. The van der Waals surface area contributed by atoms with E-state index in [9.17, 15) is 4.21 Å². The lowest BCUT2D eigenvalue weighted by Crippen LogP contribution is -2.07. The highest BCUT2D eigenvalue weighted by atomic mass is 32.2. The molecule has 1 N–H and O–H groups in total. The zero-order valence-corrected chi connectivity index (χ0v) is 9.84. The van der Waals surface area contributed by atoms with Crippen LogP contribution in [0.25, 0.3) is 0 Å². The summed E-state index contributed by atoms with van der Waals surface area (Å²) in [6, 6.07) is 3.72. The molecule has 0 saturated heterocycles. The molecule has 1 aromatic rings. The zero-order valence-electron chi connectivity index (χ0n) is 9.03. The van der Waals surface area contributed by atoms with E-state index in [0.29, 0.717) is 0 Å². The van der Waals surface area contributed by atoms with Crippen molar-refractivity contribution in [2.75, 3.05) is 31.0 Å². The molecule has 1 atom stereocenters. The number of nitrogens with zero attached hydrogens (tertiary/aromatic N) is 1. The summed E-state index contributed by atoms with van der Waals surface area (Å²) in [6.45, 7) is 0.791. The summed E-state index contributed by atoms with van der Waals surface area (Å²) in [4.78, 5) is 4.15. The molecule has 0 aromatic carbocycles. The number of pyridine rings is 1. The lowest BCUT2D eigenvalue weighted by Gasteiger charge is -2.05. The van der Waals surface area contributed by atoms with E-state index in [1.165, 1.54) is 0 Å². The van der Waals surface area contributed by atoms with Crippen LogP contribution in [0.5, 0.6) is 5.75 Å². The van der Waals surface area contributed by atoms with E-state index < -0.39 is 10.8 Å². The van der Waals surface area contributed by atoms with E-state index in [0.717, 1.165) is 30.3 Å². The van der Waals surface area contributed by atoms with Crippen LogP contribution in [0.2, 0.25) is 0 Å². The topological polar surface area (TPSA) is 51.2 Å². The molecule has 1 rings (SSSR count). The van der Waals surface area contributed by atoms with Crippen molar-refractivity contribution in [3.8, 4) is 5.75 Å². The second kappa shape index (κ2) is 6.40. The van der Waals surface area contributed by atoms with Crippen molar-refractivity contribution in [1.29, 1.82) is 0 Å². The van der Waals surface area contributed by atoms with Gasteiger partial charge in [0.05, 0.1) is 13.3 Å². The van der Waals surface area contributed by atoms with E-state index in [1.54, 1.807) is 19.6 Å². The summed E-state index contributed by atoms with van der Waals surface area (Å²) in [5.41, 5.74) is 0. The number of anilines is 1. The molecule has 5 heteroatoms.